The zero-order valence-corrected chi connectivity index (χ0v) is 13.9. The molecule has 2 aliphatic rings. The molecule has 1 atom stereocenters. The van der Waals surface area contributed by atoms with Crippen molar-refractivity contribution in [2.75, 3.05) is 24.5 Å². The standard InChI is InChI=1S/C20H25N3/c1-2-18-16(12-15-6-4-3-5-7-15)13-22-20-19(18)9-8-17-14-21-10-11-23(17)20/h3-7,13,17,21H,2,8-12,14H2,1H3. The van der Waals surface area contributed by atoms with Crippen molar-refractivity contribution in [1.82, 2.24) is 10.3 Å². The molecule has 3 nitrogen and oxygen atoms in total. The smallest absolute Gasteiger partial charge is 0.132 e. The predicted molar refractivity (Wildman–Crippen MR) is 95.2 cm³/mol. The summed E-state index contributed by atoms with van der Waals surface area (Å²) in [5.41, 5.74) is 5.83. The van der Waals surface area contributed by atoms with Gasteiger partial charge in [0.25, 0.3) is 0 Å². The maximum atomic E-state index is 4.91. The lowest BCUT2D eigenvalue weighted by atomic mass is 9.89. The summed E-state index contributed by atoms with van der Waals surface area (Å²) >= 11 is 0. The Labute approximate surface area is 138 Å². The van der Waals surface area contributed by atoms with Gasteiger partial charge in [0.1, 0.15) is 5.82 Å². The van der Waals surface area contributed by atoms with E-state index < -0.39 is 0 Å². The van der Waals surface area contributed by atoms with E-state index in [2.05, 4.69) is 53.7 Å². The highest BCUT2D eigenvalue weighted by Gasteiger charge is 2.31. The third-order valence-electron chi connectivity index (χ3n) is 5.31. The fourth-order valence-electron chi connectivity index (χ4n) is 4.15. The van der Waals surface area contributed by atoms with Crippen molar-refractivity contribution in [3.8, 4) is 0 Å². The highest BCUT2D eigenvalue weighted by Crippen LogP contribution is 2.34. The average Bonchev–Trinajstić information content (AvgIpc) is 2.62. The number of nitrogens with zero attached hydrogens (tertiary/aromatic N) is 2. The predicted octanol–water partition coefficient (Wildman–Crippen LogP) is 2.96. The molecule has 3 heteroatoms. The second-order valence-corrected chi connectivity index (χ2v) is 6.67. The van der Waals surface area contributed by atoms with Gasteiger partial charge >= 0.3 is 0 Å². The van der Waals surface area contributed by atoms with Gasteiger partial charge in [-0.2, -0.15) is 0 Å². The zero-order valence-electron chi connectivity index (χ0n) is 13.9. The lowest BCUT2D eigenvalue weighted by Crippen LogP contribution is -2.53. The molecular weight excluding hydrogens is 282 g/mol. The number of nitrogens with one attached hydrogen (secondary N) is 1. The summed E-state index contributed by atoms with van der Waals surface area (Å²) in [7, 11) is 0. The van der Waals surface area contributed by atoms with Gasteiger partial charge in [0.05, 0.1) is 0 Å². The van der Waals surface area contributed by atoms with Crippen LogP contribution in [0.5, 0.6) is 0 Å². The molecule has 0 spiro atoms. The lowest BCUT2D eigenvalue weighted by Gasteiger charge is -2.42. The van der Waals surface area contributed by atoms with Crippen molar-refractivity contribution in [2.24, 2.45) is 0 Å². The summed E-state index contributed by atoms with van der Waals surface area (Å²) in [5, 5.41) is 3.52. The van der Waals surface area contributed by atoms with Gasteiger partial charge < -0.3 is 10.2 Å². The number of piperazine rings is 1. The van der Waals surface area contributed by atoms with Crippen molar-refractivity contribution in [3.63, 3.8) is 0 Å². The number of fused-ring (bicyclic) bond motifs is 3. The van der Waals surface area contributed by atoms with Crippen LogP contribution >= 0.6 is 0 Å². The quantitative estimate of drug-likeness (QED) is 0.945. The molecule has 1 fully saturated rings. The minimum Gasteiger partial charge on any atom is -0.351 e. The first-order chi connectivity index (χ1) is 11.4. The van der Waals surface area contributed by atoms with Crippen LogP contribution in [0.15, 0.2) is 36.5 Å². The molecule has 23 heavy (non-hydrogen) atoms. The fourth-order valence-corrected chi connectivity index (χ4v) is 4.15. The SMILES string of the molecule is CCc1c(Cc2ccccc2)cnc2c1CCC1CNCCN21. The van der Waals surface area contributed by atoms with E-state index in [4.69, 9.17) is 4.98 Å². The van der Waals surface area contributed by atoms with Crippen LogP contribution in [-0.2, 0) is 19.3 Å². The molecule has 1 saturated heterocycles. The number of anilines is 1. The van der Waals surface area contributed by atoms with Crippen LogP contribution in [0.25, 0.3) is 0 Å². The van der Waals surface area contributed by atoms with Gasteiger partial charge in [0.15, 0.2) is 0 Å². The molecule has 1 N–H and O–H groups in total. The number of rotatable bonds is 3. The lowest BCUT2D eigenvalue weighted by molar-refractivity contribution is 0.434. The second kappa shape index (κ2) is 6.32. The molecule has 120 valence electrons. The molecule has 1 aromatic heterocycles. The summed E-state index contributed by atoms with van der Waals surface area (Å²) in [4.78, 5) is 7.45. The van der Waals surface area contributed by atoms with E-state index in [0.29, 0.717) is 6.04 Å². The van der Waals surface area contributed by atoms with Crippen LogP contribution in [0, 0.1) is 0 Å². The Morgan fingerprint density at radius 1 is 1.26 bits per heavy atom. The Bertz CT molecular complexity index is 681. The van der Waals surface area contributed by atoms with Crippen molar-refractivity contribution < 1.29 is 0 Å². The largest absolute Gasteiger partial charge is 0.351 e. The minimum atomic E-state index is 0.633. The highest BCUT2D eigenvalue weighted by atomic mass is 15.3. The molecule has 1 unspecified atom stereocenters. The number of aromatic nitrogens is 1. The summed E-state index contributed by atoms with van der Waals surface area (Å²) in [6, 6.07) is 11.4. The van der Waals surface area contributed by atoms with E-state index in [0.717, 1.165) is 32.5 Å². The third-order valence-corrected chi connectivity index (χ3v) is 5.31. The monoisotopic (exact) mass is 307 g/mol. The molecule has 3 heterocycles. The molecule has 0 saturated carbocycles. The Morgan fingerprint density at radius 3 is 2.96 bits per heavy atom. The van der Waals surface area contributed by atoms with Crippen LogP contribution in [0.2, 0.25) is 0 Å². The van der Waals surface area contributed by atoms with E-state index in [-0.39, 0.29) is 0 Å². The van der Waals surface area contributed by atoms with Crippen molar-refractivity contribution in [1.29, 1.82) is 0 Å². The minimum absolute atomic E-state index is 0.633. The first-order valence-electron chi connectivity index (χ1n) is 8.87. The third kappa shape index (κ3) is 2.74. The fraction of sp³-hybridized carbons (Fsp3) is 0.450. The maximum Gasteiger partial charge on any atom is 0.132 e. The molecule has 0 radical (unpaired) electrons. The first-order valence-corrected chi connectivity index (χ1v) is 8.87. The average molecular weight is 307 g/mol. The first kappa shape index (κ1) is 14.7. The molecule has 2 aliphatic heterocycles. The normalized spacial score (nSPS) is 20.0. The molecule has 0 aliphatic carbocycles. The molecule has 1 aromatic carbocycles. The van der Waals surface area contributed by atoms with Crippen molar-refractivity contribution in [3.05, 3.63) is 58.8 Å². The van der Waals surface area contributed by atoms with Gasteiger partial charge in [-0.25, -0.2) is 4.98 Å². The van der Waals surface area contributed by atoms with Crippen LogP contribution < -0.4 is 10.2 Å². The van der Waals surface area contributed by atoms with Gasteiger partial charge in [-0.15, -0.1) is 0 Å². The van der Waals surface area contributed by atoms with E-state index >= 15 is 0 Å². The Hall–Kier alpha value is -1.87. The molecule has 2 aromatic rings. The zero-order chi connectivity index (χ0) is 15.6. The van der Waals surface area contributed by atoms with Crippen LogP contribution in [0.4, 0.5) is 5.82 Å². The van der Waals surface area contributed by atoms with Crippen molar-refractivity contribution in [2.45, 2.75) is 38.6 Å². The van der Waals surface area contributed by atoms with E-state index in [9.17, 15) is 0 Å². The Balaban J connectivity index is 1.70. The van der Waals surface area contributed by atoms with Crippen molar-refractivity contribution >= 4 is 5.82 Å². The summed E-state index contributed by atoms with van der Waals surface area (Å²) in [5.74, 6) is 1.26. The summed E-state index contributed by atoms with van der Waals surface area (Å²) < 4.78 is 0. The van der Waals surface area contributed by atoms with E-state index in [1.807, 2.05) is 0 Å². The Kier molecular flexibility index (Phi) is 4.04. The van der Waals surface area contributed by atoms with E-state index in [1.165, 1.54) is 40.9 Å². The number of benzene rings is 1. The molecular formula is C20H25N3. The van der Waals surface area contributed by atoms with Crippen LogP contribution in [0.3, 0.4) is 0 Å². The van der Waals surface area contributed by atoms with E-state index in [1.54, 1.807) is 0 Å². The number of hydrogen-bond donors (Lipinski definition) is 1. The van der Waals surface area contributed by atoms with Crippen LogP contribution in [-0.4, -0.2) is 30.7 Å². The number of pyridine rings is 1. The van der Waals surface area contributed by atoms with Gasteiger partial charge in [0, 0.05) is 31.9 Å². The van der Waals surface area contributed by atoms with Gasteiger partial charge in [-0.3, -0.25) is 0 Å². The highest BCUT2D eigenvalue weighted by molar-refractivity contribution is 5.57. The molecule has 0 bridgehead atoms. The maximum absolute atomic E-state index is 4.91. The number of hydrogen-bond acceptors (Lipinski definition) is 3. The van der Waals surface area contributed by atoms with Crippen LogP contribution in [0.1, 0.15) is 35.6 Å². The molecule has 0 amide bonds. The topological polar surface area (TPSA) is 28.2 Å². The van der Waals surface area contributed by atoms with Gasteiger partial charge in [0.2, 0.25) is 0 Å². The summed E-state index contributed by atoms with van der Waals surface area (Å²) in [6.07, 6.45) is 6.66. The molecule has 4 rings (SSSR count). The Morgan fingerprint density at radius 2 is 2.13 bits per heavy atom. The van der Waals surface area contributed by atoms with Gasteiger partial charge in [-0.05, 0) is 47.9 Å². The second-order valence-electron chi connectivity index (χ2n) is 6.67. The summed E-state index contributed by atoms with van der Waals surface area (Å²) in [6.45, 7) is 5.55. The van der Waals surface area contributed by atoms with Gasteiger partial charge in [-0.1, -0.05) is 37.3 Å².